The Kier molecular flexibility index (Phi) is 10.1. The molecule has 6 nitrogen and oxygen atoms in total. The van der Waals surface area contributed by atoms with E-state index >= 15 is 0 Å². The number of rotatable bonds is 11. The summed E-state index contributed by atoms with van der Waals surface area (Å²) in [6, 6.07) is 0.450. The molecule has 6 heteroatoms. The molecule has 0 bridgehead atoms. The molecule has 1 rings (SSSR count). The van der Waals surface area contributed by atoms with Crippen molar-refractivity contribution in [3.8, 4) is 0 Å². The first kappa shape index (κ1) is 19.5. The van der Waals surface area contributed by atoms with E-state index in [0.717, 1.165) is 44.3 Å². The van der Waals surface area contributed by atoms with Gasteiger partial charge < -0.3 is 15.2 Å². The quantitative estimate of drug-likeness (QED) is 0.373. The topological polar surface area (TPSA) is 67.1 Å². The van der Waals surface area contributed by atoms with E-state index in [1.165, 1.54) is 25.7 Å². The van der Waals surface area contributed by atoms with Crippen LogP contribution in [-0.2, 0) is 13.0 Å². The van der Waals surface area contributed by atoms with Crippen molar-refractivity contribution in [2.24, 2.45) is 4.99 Å². The molecular formula is C17H34N6. The molecule has 2 N–H and O–H groups in total. The van der Waals surface area contributed by atoms with Gasteiger partial charge in [-0.1, -0.05) is 40.0 Å². The molecule has 132 valence electrons. The van der Waals surface area contributed by atoms with Crippen molar-refractivity contribution in [1.82, 2.24) is 25.4 Å². The van der Waals surface area contributed by atoms with Gasteiger partial charge in [0.25, 0.3) is 0 Å². The van der Waals surface area contributed by atoms with Crippen LogP contribution in [0.2, 0.25) is 0 Å². The van der Waals surface area contributed by atoms with Crippen molar-refractivity contribution in [1.29, 1.82) is 0 Å². The van der Waals surface area contributed by atoms with E-state index < -0.39 is 0 Å². The summed E-state index contributed by atoms with van der Waals surface area (Å²) in [4.78, 5) is 4.63. The predicted molar refractivity (Wildman–Crippen MR) is 96.7 cm³/mol. The van der Waals surface area contributed by atoms with Gasteiger partial charge in [0, 0.05) is 32.1 Å². The molecule has 1 atom stereocenters. The van der Waals surface area contributed by atoms with Gasteiger partial charge in [0.05, 0.1) is 0 Å². The molecule has 0 aliphatic carbocycles. The first-order chi connectivity index (χ1) is 11.2. The van der Waals surface area contributed by atoms with Crippen molar-refractivity contribution in [3.63, 3.8) is 0 Å². The maximum absolute atomic E-state index is 4.63. The maximum Gasteiger partial charge on any atom is 0.191 e. The molecule has 0 spiro atoms. The molecule has 0 aliphatic heterocycles. The summed E-state index contributed by atoms with van der Waals surface area (Å²) in [6.07, 6.45) is 8.78. The maximum atomic E-state index is 4.63. The summed E-state index contributed by atoms with van der Waals surface area (Å²) in [5, 5.41) is 15.0. The monoisotopic (exact) mass is 322 g/mol. The fourth-order valence-corrected chi connectivity index (χ4v) is 2.42. The van der Waals surface area contributed by atoms with Crippen molar-refractivity contribution in [3.05, 3.63) is 12.2 Å². The largest absolute Gasteiger partial charge is 0.355 e. The van der Waals surface area contributed by atoms with E-state index in [-0.39, 0.29) is 0 Å². The first-order valence-corrected chi connectivity index (χ1v) is 9.12. The molecule has 1 unspecified atom stereocenters. The van der Waals surface area contributed by atoms with Crippen LogP contribution in [0.15, 0.2) is 11.3 Å². The average Bonchev–Trinajstić information content (AvgIpc) is 3.00. The fraction of sp³-hybridized carbons (Fsp3) is 0.824. The molecule has 0 radical (unpaired) electrons. The van der Waals surface area contributed by atoms with Crippen molar-refractivity contribution in [2.45, 2.75) is 78.8 Å². The van der Waals surface area contributed by atoms with E-state index in [1.807, 2.05) is 0 Å². The zero-order chi connectivity index (χ0) is 16.9. The lowest BCUT2D eigenvalue weighted by Gasteiger charge is -2.18. The Hall–Kier alpha value is -1.59. The Morgan fingerprint density at radius 1 is 1.26 bits per heavy atom. The Morgan fingerprint density at radius 3 is 2.78 bits per heavy atom. The lowest BCUT2D eigenvalue weighted by molar-refractivity contribution is 0.542. The number of hydrogen-bond donors (Lipinski definition) is 2. The van der Waals surface area contributed by atoms with Gasteiger partial charge >= 0.3 is 0 Å². The predicted octanol–water partition coefficient (Wildman–Crippen LogP) is 2.75. The number of aliphatic imine (C=N–C) groups is 1. The third kappa shape index (κ3) is 8.00. The van der Waals surface area contributed by atoms with Gasteiger partial charge in [0.1, 0.15) is 12.2 Å². The van der Waals surface area contributed by atoms with Crippen LogP contribution < -0.4 is 10.6 Å². The van der Waals surface area contributed by atoms with E-state index in [2.05, 4.69) is 58.1 Å². The van der Waals surface area contributed by atoms with Gasteiger partial charge in [0.2, 0.25) is 0 Å². The summed E-state index contributed by atoms with van der Waals surface area (Å²) in [6.45, 7) is 11.2. The SMILES string of the molecule is CCCCCC(C)NC(=NCCC)NCCn1cnnc1CC. The molecule has 0 aliphatic rings. The van der Waals surface area contributed by atoms with Gasteiger partial charge in [-0.2, -0.15) is 0 Å². The number of hydrogen-bond acceptors (Lipinski definition) is 3. The lowest BCUT2D eigenvalue weighted by Crippen LogP contribution is -2.43. The average molecular weight is 323 g/mol. The third-order valence-corrected chi connectivity index (χ3v) is 3.77. The minimum absolute atomic E-state index is 0.450. The van der Waals surface area contributed by atoms with Crippen LogP contribution in [0.1, 0.15) is 65.6 Å². The van der Waals surface area contributed by atoms with E-state index in [9.17, 15) is 0 Å². The highest BCUT2D eigenvalue weighted by Crippen LogP contribution is 2.02. The Balaban J connectivity index is 2.41. The van der Waals surface area contributed by atoms with Crippen LogP contribution in [0.4, 0.5) is 0 Å². The normalized spacial score (nSPS) is 13.1. The molecular weight excluding hydrogens is 288 g/mol. The van der Waals surface area contributed by atoms with E-state index in [4.69, 9.17) is 0 Å². The molecule has 0 saturated heterocycles. The molecule has 1 heterocycles. The zero-order valence-electron chi connectivity index (χ0n) is 15.3. The number of guanidine groups is 1. The minimum Gasteiger partial charge on any atom is -0.355 e. The highest BCUT2D eigenvalue weighted by Gasteiger charge is 2.06. The summed E-state index contributed by atoms with van der Waals surface area (Å²) in [7, 11) is 0. The Bertz CT molecular complexity index is 440. The van der Waals surface area contributed by atoms with Gasteiger partial charge in [-0.3, -0.25) is 4.99 Å². The highest BCUT2D eigenvalue weighted by molar-refractivity contribution is 5.80. The molecule has 0 saturated carbocycles. The van der Waals surface area contributed by atoms with Crippen LogP contribution in [0, 0.1) is 0 Å². The van der Waals surface area contributed by atoms with E-state index in [1.54, 1.807) is 6.33 Å². The van der Waals surface area contributed by atoms with Crippen LogP contribution >= 0.6 is 0 Å². The number of nitrogens with zero attached hydrogens (tertiary/aromatic N) is 4. The molecule has 0 amide bonds. The second-order valence-corrected chi connectivity index (χ2v) is 5.99. The number of unbranched alkanes of at least 4 members (excludes halogenated alkanes) is 2. The van der Waals surface area contributed by atoms with Crippen LogP contribution in [0.5, 0.6) is 0 Å². The fourth-order valence-electron chi connectivity index (χ4n) is 2.42. The molecule has 1 aromatic rings. The third-order valence-electron chi connectivity index (χ3n) is 3.77. The van der Waals surface area contributed by atoms with Crippen LogP contribution in [0.25, 0.3) is 0 Å². The van der Waals surface area contributed by atoms with Gasteiger partial charge in [-0.25, -0.2) is 0 Å². The second kappa shape index (κ2) is 11.9. The van der Waals surface area contributed by atoms with Crippen LogP contribution in [-0.4, -0.2) is 39.9 Å². The van der Waals surface area contributed by atoms with Crippen molar-refractivity contribution >= 4 is 5.96 Å². The molecule has 0 fully saturated rings. The van der Waals surface area contributed by atoms with Gasteiger partial charge in [-0.15, -0.1) is 10.2 Å². The summed E-state index contributed by atoms with van der Waals surface area (Å²) >= 11 is 0. The second-order valence-electron chi connectivity index (χ2n) is 5.99. The summed E-state index contributed by atoms with van der Waals surface area (Å²) in [5.74, 6) is 1.95. The Labute approximate surface area is 141 Å². The lowest BCUT2D eigenvalue weighted by atomic mass is 10.1. The highest BCUT2D eigenvalue weighted by atomic mass is 15.3. The minimum atomic E-state index is 0.450. The smallest absolute Gasteiger partial charge is 0.191 e. The van der Waals surface area contributed by atoms with Gasteiger partial charge in [0.15, 0.2) is 5.96 Å². The molecule has 23 heavy (non-hydrogen) atoms. The molecule has 1 aromatic heterocycles. The van der Waals surface area contributed by atoms with Crippen LogP contribution in [0.3, 0.4) is 0 Å². The number of aryl methyl sites for hydroxylation is 1. The van der Waals surface area contributed by atoms with E-state index in [0.29, 0.717) is 6.04 Å². The standard InChI is InChI=1S/C17H34N6/c1-5-8-9-10-15(4)21-17(18-11-6-2)19-12-13-23-14-20-22-16(23)7-3/h14-15H,5-13H2,1-4H3,(H2,18,19,21). The van der Waals surface area contributed by atoms with Gasteiger partial charge in [-0.05, 0) is 19.8 Å². The van der Waals surface area contributed by atoms with Crippen molar-refractivity contribution < 1.29 is 0 Å². The Morgan fingerprint density at radius 2 is 2.09 bits per heavy atom. The van der Waals surface area contributed by atoms with Crippen molar-refractivity contribution in [2.75, 3.05) is 13.1 Å². The summed E-state index contributed by atoms with van der Waals surface area (Å²) < 4.78 is 2.09. The number of nitrogens with one attached hydrogen (secondary N) is 2. The molecule has 0 aromatic carbocycles. The zero-order valence-corrected chi connectivity index (χ0v) is 15.3. The first-order valence-electron chi connectivity index (χ1n) is 9.12. The summed E-state index contributed by atoms with van der Waals surface area (Å²) in [5.41, 5.74) is 0. The number of aromatic nitrogens is 3.